The Balaban J connectivity index is 0.000000906. The topological polar surface area (TPSA) is 83.6 Å². The minimum absolute atomic E-state index is 0.0192. The van der Waals surface area contributed by atoms with Crippen LogP contribution in [0.5, 0.6) is 0 Å². The van der Waals surface area contributed by atoms with Crippen LogP contribution >= 0.6 is 0 Å². The van der Waals surface area contributed by atoms with E-state index in [4.69, 9.17) is 0 Å². The van der Waals surface area contributed by atoms with Crippen molar-refractivity contribution < 1.29 is 19.2 Å². The second-order valence-corrected chi connectivity index (χ2v) is 6.91. The molecule has 1 aromatic carbocycles. The Morgan fingerprint density at radius 2 is 1.64 bits per heavy atom. The summed E-state index contributed by atoms with van der Waals surface area (Å²) in [5.41, 5.74) is 1.76. The van der Waals surface area contributed by atoms with E-state index in [1.54, 1.807) is 0 Å². The second-order valence-electron chi connectivity index (χ2n) is 6.91. The van der Waals surface area contributed by atoms with E-state index in [9.17, 15) is 19.2 Å². The molecule has 1 aliphatic heterocycles. The lowest BCUT2D eigenvalue weighted by Gasteiger charge is -2.28. The molecule has 6 nitrogen and oxygen atoms in total. The average Bonchev–Trinajstić information content (AvgIpc) is 2.68. The Hall–Kier alpha value is -2.50. The normalized spacial score (nSPS) is 12.3. The number of rotatable bonds is 6. The maximum atomic E-state index is 11.7. The van der Waals surface area contributed by atoms with Crippen LogP contribution in [0, 0.1) is 11.8 Å². The van der Waals surface area contributed by atoms with E-state index in [-0.39, 0.29) is 29.6 Å². The smallest absolute Gasteiger partial charge is 0.230 e. The molecule has 6 heteroatoms. The summed E-state index contributed by atoms with van der Waals surface area (Å²) in [6, 6.07) is 7.44. The van der Waals surface area contributed by atoms with Crippen LogP contribution in [0.2, 0.25) is 0 Å². The molecule has 28 heavy (non-hydrogen) atoms. The average molecular weight is 391 g/mol. The third-order valence-corrected chi connectivity index (χ3v) is 3.80. The lowest BCUT2D eigenvalue weighted by atomic mass is 10.1. The van der Waals surface area contributed by atoms with E-state index in [2.05, 4.69) is 5.32 Å². The predicted molar refractivity (Wildman–Crippen MR) is 112 cm³/mol. The second kappa shape index (κ2) is 13.6. The molecule has 1 N–H and O–H groups in total. The SMILES string of the molecule is CC.CC(C)C(=O)Nc1ccc(CCC(=O)N2CCC2=O)cc1.CC(C)C=O. The van der Waals surface area contributed by atoms with Crippen molar-refractivity contribution in [1.82, 2.24) is 4.90 Å². The minimum Gasteiger partial charge on any atom is -0.326 e. The van der Waals surface area contributed by atoms with Gasteiger partial charge in [-0.15, -0.1) is 0 Å². The van der Waals surface area contributed by atoms with Gasteiger partial charge in [-0.25, -0.2) is 0 Å². The summed E-state index contributed by atoms with van der Waals surface area (Å²) in [6.45, 7) is 11.9. The molecule has 0 saturated carbocycles. The fourth-order valence-electron chi connectivity index (χ4n) is 2.01. The lowest BCUT2D eigenvalue weighted by molar-refractivity contribution is -0.152. The minimum atomic E-state index is -0.108. The number of likely N-dealkylation sites (tertiary alicyclic amines) is 1. The number of amides is 3. The molecule has 0 unspecified atom stereocenters. The summed E-state index contributed by atoms with van der Waals surface area (Å²) >= 11 is 0. The van der Waals surface area contributed by atoms with Crippen LogP contribution in [-0.2, 0) is 25.6 Å². The summed E-state index contributed by atoms with van der Waals surface area (Å²) in [5, 5.41) is 2.82. The van der Waals surface area contributed by atoms with Crippen molar-refractivity contribution in [3.63, 3.8) is 0 Å². The maximum Gasteiger partial charge on any atom is 0.230 e. The van der Waals surface area contributed by atoms with Crippen LogP contribution < -0.4 is 5.32 Å². The molecule has 2 rings (SSSR count). The molecule has 1 aliphatic rings. The number of benzene rings is 1. The van der Waals surface area contributed by atoms with Gasteiger partial charge in [-0.2, -0.15) is 0 Å². The fraction of sp³-hybridized carbons (Fsp3) is 0.545. The first kappa shape index (κ1) is 25.5. The fourth-order valence-corrected chi connectivity index (χ4v) is 2.01. The Kier molecular flexibility index (Phi) is 12.4. The third-order valence-electron chi connectivity index (χ3n) is 3.80. The zero-order valence-electron chi connectivity index (χ0n) is 18.0. The van der Waals surface area contributed by atoms with Gasteiger partial charge in [0.1, 0.15) is 6.29 Å². The van der Waals surface area contributed by atoms with Gasteiger partial charge in [0.15, 0.2) is 0 Å². The van der Waals surface area contributed by atoms with Crippen LogP contribution in [0.1, 0.15) is 59.9 Å². The molecular formula is C22H34N2O4. The molecule has 1 fully saturated rings. The van der Waals surface area contributed by atoms with Crippen LogP contribution in [-0.4, -0.2) is 35.5 Å². The van der Waals surface area contributed by atoms with Crippen molar-refractivity contribution in [2.45, 2.75) is 60.8 Å². The van der Waals surface area contributed by atoms with E-state index >= 15 is 0 Å². The first-order valence-electron chi connectivity index (χ1n) is 9.92. The number of carbonyl (C=O) groups is 4. The molecule has 0 aromatic heterocycles. The molecule has 0 bridgehead atoms. The van der Waals surface area contributed by atoms with Gasteiger partial charge in [-0.1, -0.05) is 53.7 Å². The van der Waals surface area contributed by atoms with Gasteiger partial charge in [0.2, 0.25) is 17.7 Å². The first-order chi connectivity index (χ1) is 13.2. The van der Waals surface area contributed by atoms with Crippen molar-refractivity contribution in [3.05, 3.63) is 29.8 Å². The molecule has 1 aromatic rings. The Morgan fingerprint density at radius 1 is 1.11 bits per heavy atom. The standard InChI is InChI=1S/C16H20N2O3.C4H8O.C2H6/c1-11(2)16(21)17-13-6-3-12(4-7-13)5-8-14(19)18-10-9-15(18)20;1-4(2)3-5;1-2/h3-4,6-7,11H,5,8-10H2,1-2H3,(H,17,21);3-4H,1-2H3;1-2H3. The molecule has 0 aliphatic carbocycles. The van der Waals surface area contributed by atoms with Gasteiger partial charge in [-0.05, 0) is 24.1 Å². The number of β-lactam (4-membered cyclic amide) rings is 1. The zero-order chi connectivity index (χ0) is 21.7. The maximum absolute atomic E-state index is 11.7. The number of nitrogens with one attached hydrogen (secondary N) is 1. The van der Waals surface area contributed by atoms with Crippen molar-refractivity contribution in [2.24, 2.45) is 11.8 Å². The molecule has 0 atom stereocenters. The van der Waals surface area contributed by atoms with Crippen LogP contribution in [0.4, 0.5) is 5.69 Å². The van der Waals surface area contributed by atoms with Gasteiger partial charge in [0.05, 0.1) is 0 Å². The largest absolute Gasteiger partial charge is 0.326 e. The van der Waals surface area contributed by atoms with Crippen molar-refractivity contribution in [2.75, 3.05) is 11.9 Å². The number of imide groups is 1. The van der Waals surface area contributed by atoms with Gasteiger partial charge >= 0.3 is 0 Å². The van der Waals surface area contributed by atoms with Crippen LogP contribution in [0.15, 0.2) is 24.3 Å². The number of anilines is 1. The van der Waals surface area contributed by atoms with E-state index in [1.807, 2.05) is 65.8 Å². The van der Waals surface area contributed by atoms with E-state index in [0.29, 0.717) is 25.8 Å². The number of aldehydes is 1. The zero-order valence-corrected chi connectivity index (χ0v) is 18.0. The summed E-state index contributed by atoms with van der Waals surface area (Å²) < 4.78 is 0. The number of hydrogen-bond acceptors (Lipinski definition) is 4. The number of hydrogen-bond donors (Lipinski definition) is 1. The number of aryl methyl sites for hydroxylation is 1. The molecular weight excluding hydrogens is 356 g/mol. The van der Waals surface area contributed by atoms with E-state index in [0.717, 1.165) is 17.5 Å². The highest BCUT2D eigenvalue weighted by Gasteiger charge is 2.29. The van der Waals surface area contributed by atoms with Gasteiger partial charge in [0.25, 0.3) is 0 Å². The monoisotopic (exact) mass is 390 g/mol. The molecule has 3 amide bonds. The van der Waals surface area contributed by atoms with Crippen LogP contribution in [0.25, 0.3) is 0 Å². The predicted octanol–water partition coefficient (Wildman–Crippen LogP) is 3.84. The summed E-state index contributed by atoms with van der Waals surface area (Å²) in [4.78, 5) is 45.3. The number of carbonyl (C=O) groups excluding carboxylic acids is 4. The first-order valence-corrected chi connectivity index (χ1v) is 9.92. The van der Waals surface area contributed by atoms with Gasteiger partial charge < -0.3 is 10.1 Å². The van der Waals surface area contributed by atoms with Gasteiger partial charge in [0, 0.05) is 36.9 Å². The van der Waals surface area contributed by atoms with Gasteiger partial charge in [-0.3, -0.25) is 19.3 Å². The third kappa shape index (κ3) is 9.44. The van der Waals surface area contributed by atoms with Crippen molar-refractivity contribution in [3.8, 4) is 0 Å². The number of nitrogens with zero attached hydrogens (tertiary/aromatic N) is 1. The van der Waals surface area contributed by atoms with E-state index in [1.165, 1.54) is 4.90 Å². The molecule has 1 heterocycles. The summed E-state index contributed by atoms with van der Waals surface area (Å²) in [6.07, 6.45) is 2.33. The highest BCUT2D eigenvalue weighted by Crippen LogP contribution is 2.15. The van der Waals surface area contributed by atoms with E-state index < -0.39 is 0 Å². The molecule has 0 spiro atoms. The lowest BCUT2D eigenvalue weighted by Crippen LogP contribution is -2.47. The summed E-state index contributed by atoms with van der Waals surface area (Å²) in [5.74, 6) is -0.0595. The van der Waals surface area contributed by atoms with Crippen molar-refractivity contribution in [1.29, 1.82) is 0 Å². The van der Waals surface area contributed by atoms with Crippen LogP contribution in [0.3, 0.4) is 0 Å². The Labute approximate surface area is 168 Å². The molecule has 156 valence electrons. The summed E-state index contributed by atoms with van der Waals surface area (Å²) in [7, 11) is 0. The highest BCUT2D eigenvalue weighted by atomic mass is 16.2. The highest BCUT2D eigenvalue weighted by molar-refractivity contribution is 5.99. The van der Waals surface area contributed by atoms with Crippen molar-refractivity contribution >= 4 is 29.7 Å². The molecule has 0 radical (unpaired) electrons. The Bertz CT molecular complexity index is 636. The molecule has 1 saturated heterocycles. The quantitative estimate of drug-likeness (QED) is 0.591. The Morgan fingerprint density at radius 3 is 2.00 bits per heavy atom.